The molecule has 1 N–H and O–H groups in total. The molecule has 0 radical (unpaired) electrons. The molecule has 4 heteroatoms. The first-order valence-corrected chi connectivity index (χ1v) is 6.00. The van der Waals surface area contributed by atoms with Crippen LogP contribution in [0.2, 0.25) is 0 Å². The molecule has 0 saturated carbocycles. The SMILES string of the molecule is CCc1ccc(C(=O)N[C@@H](C)c2cccnc2)o1. The first-order valence-electron chi connectivity index (χ1n) is 6.00. The Bertz CT molecular complexity index is 520. The molecule has 0 aromatic carbocycles. The van der Waals surface area contributed by atoms with Gasteiger partial charge < -0.3 is 9.73 Å². The number of aryl methyl sites for hydroxylation is 1. The number of carbonyl (C=O) groups is 1. The van der Waals surface area contributed by atoms with Gasteiger partial charge in [0.15, 0.2) is 5.76 Å². The topological polar surface area (TPSA) is 55.1 Å². The van der Waals surface area contributed by atoms with Crippen molar-refractivity contribution in [1.82, 2.24) is 10.3 Å². The van der Waals surface area contributed by atoms with E-state index in [4.69, 9.17) is 4.42 Å². The van der Waals surface area contributed by atoms with Gasteiger partial charge in [0.25, 0.3) is 5.91 Å². The standard InChI is InChI=1S/C14H16N2O2/c1-3-12-6-7-13(18-12)14(17)16-10(2)11-5-4-8-15-9-11/h4-10H,3H2,1-2H3,(H,16,17)/t10-/m0/s1. The summed E-state index contributed by atoms with van der Waals surface area (Å²) in [7, 11) is 0. The molecule has 0 aliphatic heterocycles. The lowest BCUT2D eigenvalue weighted by atomic mass is 10.1. The number of hydrogen-bond donors (Lipinski definition) is 1. The lowest BCUT2D eigenvalue weighted by molar-refractivity contribution is 0.0910. The van der Waals surface area contributed by atoms with Gasteiger partial charge in [-0.3, -0.25) is 9.78 Å². The van der Waals surface area contributed by atoms with Crippen LogP contribution in [-0.4, -0.2) is 10.9 Å². The van der Waals surface area contributed by atoms with E-state index in [1.807, 2.05) is 32.0 Å². The van der Waals surface area contributed by atoms with Gasteiger partial charge in [0.1, 0.15) is 5.76 Å². The zero-order chi connectivity index (χ0) is 13.0. The van der Waals surface area contributed by atoms with E-state index in [-0.39, 0.29) is 11.9 Å². The Morgan fingerprint density at radius 2 is 2.28 bits per heavy atom. The minimum Gasteiger partial charge on any atom is -0.456 e. The zero-order valence-corrected chi connectivity index (χ0v) is 10.5. The van der Waals surface area contributed by atoms with E-state index < -0.39 is 0 Å². The maximum atomic E-state index is 11.9. The normalized spacial score (nSPS) is 12.1. The summed E-state index contributed by atoms with van der Waals surface area (Å²) >= 11 is 0. The molecule has 0 aliphatic carbocycles. The van der Waals surface area contributed by atoms with Gasteiger partial charge in [-0.25, -0.2) is 0 Å². The van der Waals surface area contributed by atoms with Crippen LogP contribution in [0.25, 0.3) is 0 Å². The molecule has 0 saturated heterocycles. The first-order chi connectivity index (χ1) is 8.70. The van der Waals surface area contributed by atoms with Crippen LogP contribution >= 0.6 is 0 Å². The van der Waals surface area contributed by atoms with E-state index in [0.717, 1.165) is 17.7 Å². The van der Waals surface area contributed by atoms with Crippen LogP contribution in [0.5, 0.6) is 0 Å². The third kappa shape index (κ3) is 2.77. The second-order valence-electron chi connectivity index (χ2n) is 4.10. The average Bonchev–Trinajstić information content (AvgIpc) is 2.88. The van der Waals surface area contributed by atoms with Gasteiger partial charge in [0, 0.05) is 18.8 Å². The molecular formula is C14H16N2O2. The Hall–Kier alpha value is -2.10. The van der Waals surface area contributed by atoms with Gasteiger partial charge in [0.2, 0.25) is 0 Å². The Morgan fingerprint density at radius 3 is 2.89 bits per heavy atom. The molecule has 2 aromatic rings. The molecule has 0 bridgehead atoms. The van der Waals surface area contributed by atoms with Crippen LogP contribution in [0.15, 0.2) is 41.1 Å². The summed E-state index contributed by atoms with van der Waals surface area (Å²) in [5.41, 5.74) is 0.966. The predicted molar refractivity (Wildman–Crippen MR) is 68.2 cm³/mol. The minimum absolute atomic E-state index is 0.0959. The van der Waals surface area contributed by atoms with Gasteiger partial charge in [-0.05, 0) is 30.7 Å². The summed E-state index contributed by atoms with van der Waals surface area (Å²) in [5.74, 6) is 0.961. The Labute approximate surface area is 106 Å². The van der Waals surface area contributed by atoms with Crippen molar-refractivity contribution in [3.05, 3.63) is 53.7 Å². The van der Waals surface area contributed by atoms with E-state index in [9.17, 15) is 4.79 Å². The lowest BCUT2D eigenvalue weighted by Crippen LogP contribution is -2.26. The lowest BCUT2D eigenvalue weighted by Gasteiger charge is -2.12. The molecule has 0 fully saturated rings. The molecule has 2 heterocycles. The molecule has 0 aliphatic rings. The maximum absolute atomic E-state index is 11.9. The predicted octanol–water partition coefficient (Wildman–Crippen LogP) is 2.73. The van der Waals surface area contributed by atoms with Gasteiger partial charge in [-0.15, -0.1) is 0 Å². The summed E-state index contributed by atoms with van der Waals surface area (Å²) in [5, 5.41) is 2.88. The molecule has 0 unspecified atom stereocenters. The van der Waals surface area contributed by atoms with Crippen LogP contribution in [0.1, 0.15) is 41.8 Å². The van der Waals surface area contributed by atoms with Crippen molar-refractivity contribution in [1.29, 1.82) is 0 Å². The summed E-state index contributed by atoms with van der Waals surface area (Å²) in [6, 6.07) is 7.20. The van der Waals surface area contributed by atoms with Crippen molar-refractivity contribution >= 4 is 5.91 Å². The van der Waals surface area contributed by atoms with Gasteiger partial charge in [0.05, 0.1) is 6.04 Å². The highest BCUT2D eigenvalue weighted by molar-refractivity contribution is 5.91. The summed E-state index contributed by atoms with van der Waals surface area (Å²) in [4.78, 5) is 16.0. The highest BCUT2D eigenvalue weighted by Crippen LogP contribution is 2.13. The van der Waals surface area contributed by atoms with E-state index >= 15 is 0 Å². The fourth-order valence-electron chi connectivity index (χ4n) is 1.67. The zero-order valence-electron chi connectivity index (χ0n) is 10.5. The molecule has 4 nitrogen and oxygen atoms in total. The highest BCUT2D eigenvalue weighted by Gasteiger charge is 2.14. The summed E-state index contributed by atoms with van der Waals surface area (Å²) < 4.78 is 5.40. The fourth-order valence-corrected chi connectivity index (χ4v) is 1.67. The van der Waals surface area contributed by atoms with Crippen molar-refractivity contribution in [2.24, 2.45) is 0 Å². The van der Waals surface area contributed by atoms with Crippen molar-refractivity contribution < 1.29 is 9.21 Å². The molecule has 1 atom stereocenters. The van der Waals surface area contributed by atoms with Crippen LogP contribution in [-0.2, 0) is 6.42 Å². The molecule has 18 heavy (non-hydrogen) atoms. The molecule has 2 rings (SSSR count). The monoisotopic (exact) mass is 244 g/mol. The van der Waals surface area contributed by atoms with Crippen LogP contribution < -0.4 is 5.32 Å². The number of aromatic nitrogens is 1. The second-order valence-corrected chi connectivity index (χ2v) is 4.10. The van der Waals surface area contributed by atoms with Gasteiger partial charge >= 0.3 is 0 Å². The number of furan rings is 1. The molecule has 2 aromatic heterocycles. The minimum atomic E-state index is -0.203. The third-order valence-corrected chi connectivity index (χ3v) is 2.77. The average molecular weight is 244 g/mol. The number of hydrogen-bond acceptors (Lipinski definition) is 3. The summed E-state index contributed by atoms with van der Waals surface area (Å²) in [6.07, 6.45) is 4.23. The van der Waals surface area contributed by atoms with Crippen LogP contribution in [0, 0.1) is 0 Å². The van der Waals surface area contributed by atoms with Crippen molar-refractivity contribution in [2.45, 2.75) is 26.3 Å². The smallest absolute Gasteiger partial charge is 0.287 e. The maximum Gasteiger partial charge on any atom is 0.287 e. The third-order valence-electron chi connectivity index (χ3n) is 2.77. The number of amides is 1. The largest absolute Gasteiger partial charge is 0.456 e. The molecular weight excluding hydrogens is 228 g/mol. The molecule has 94 valence electrons. The Kier molecular flexibility index (Phi) is 3.77. The number of pyridine rings is 1. The van der Waals surface area contributed by atoms with Crippen LogP contribution in [0.3, 0.4) is 0 Å². The Balaban J connectivity index is 2.03. The van der Waals surface area contributed by atoms with Gasteiger partial charge in [-0.1, -0.05) is 13.0 Å². The summed E-state index contributed by atoms with van der Waals surface area (Å²) in [6.45, 7) is 3.90. The highest BCUT2D eigenvalue weighted by atomic mass is 16.3. The van der Waals surface area contributed by atoms with Gasteiger partial charge in [-0.2, -0.15) is 0 Å². The molecule has 0 spiro atoms. The number of nitrogens with one attached hydrogen (secondary N) is 1. The number of rotatable bonds is 4. The van der Waals surface area contributed by atoms with Crippen molar-refractivity contribution in [3.63, 3.8) is 0 Å². The van der Waals surface area contributed by atoms with E-state index in [0.29, 0.717) is 5.76 Å². The van der Waals surface area contributed by atoms with E-state index in [2.05, 4.69) is 10.3 Å². The van der Waals surface area contributed by atoms with Crippen molar-refractivity contribution in [2.75, 3.05) is 0 Å². The van der Waals surface area contributed by atoms with Crippen molar-refractivity contribution in [3.8, 4) is 0 Å². The van der Waals surface area contributed by atoms with Crippen LogP contribution in [0.4, 0.5) is 0 Å². The quantitative estimate of drug-likeness (QED) is 0.899. The fraction of sp³-hybridized carbons (Fsp3) is 0.286. The number of carbonyl (C=O) groups excluding carboxylic acids is 1. The first kappa shape index (κ1) is 12.4. The van der Waals surface area contributed by atoms with E-state index in [1.54, 1.807) is 18.5 Å². The Morgan fingerprint density at radius 1 is 1.44 bits per heavy atom. The van der Waals surface area contributed by atoms with E-state index in [1.165, 1.54) is 0 Å². The second kappa shape index (κ2) is 5.49. The molecule has 1 amide bonds. The number of nitrogens with zero attached hydrogens (tertiary/aromatic N) is 1.